The topological polar surface area (TPSA) is 24.9 Å². The van der Waals surface area contributed by atoms with Crippen LogP contribution in [0.15, 0.2) is 12.1 Å². The van der Waals surface area contributed by atoms with Crippen LogP contribution in [0.25, 0.3) is 0 Å². The molecule has 2 heteroatoms. The van der Waals surface area contributed by atoms with E-state index in [1.165, 1.54) is 37.8 Å². The van der Waals surface area contributed by atoms with Crippen LogP contribution in [0.1, 0.15) is 43.5 Å². The van der Waals surface area contributed by atoms with Gasteiger partial charge < -0.3 is 5.32 Å². The van der Waals surface area contributed by atoms with Gasteiger partial charge in [0.25, 0.3) is 0 Å². The Labute approximate surface area is 116 Å². The fourth-order valence-electron chi connectivity index (χ4n) is 5.27. The van der Waals surface area contributed by atoms with Crippen LogP contribution in [0, 0.1) is 37.5 Å². The first-order valence-corrected chi connectivity index (χ1v) is 7.93. The fourth-order valence-corrected chi connectivity index (χ4v) is 5.27. The van der Waals surface area contributed by atoms with E-state index in [1.54, 1.807) is 0 Å². The average Bonchev–Trinajstić information content (AvgIpc) is 3.04. The maximum Gasteiger partial charge on any atom is 0.0606 e. The van der Waals surface area contributed by atoms with Crippen LogP contribution in [0.2, 0.25) is 0 Å². The van der Waals surface area contributed by atoms with Gasteiger partial charge in [0.15, 0.2) is 0 Å². The van der Waals surface area contributed by atoms with Gasteiger partial charge in [0, 0.05) is 11.7 Å². The Hall–Kier alpha value is -1.05. The van der Waals surface area contributed by atoms with E-state index >= 15 is 0 Å². The Kier molecular flexibility index (Phi) is 2.61. The zero-order valence-electron chi connectivity index (χ0n) is 12.0. The molecule has 4 rings (SSSR count). The number of aryl methyl sites for hydroxylation is 2. The molecule has 1 N–H and O–H groups in total. The van der Waals surface area contributed by atoms with E-state index in [4.69, 9.17) is 0 Å². The molecule has 3 fully saturated rings. The number of pyridine rings is 1. The molecule has 3 aliphatic carbocycles. The molecule has 2 bridgehead atoms. The van der Waals surface area contributed by atoms with Gasteiger partial charge in [0.1, 0.15) is 0 Å². The van der Waals surface area contributed by atoms with E-state index in [9.17, 15) is 0 Å². The number of nitrogens with zero attached hydrogens (tertiary/aromatic N) is 1. The van der Waals surface area contributed by atoms with Crippen molar-refractivity contribution in [1.29, 1.82) is 0 Å². The Morgan fingerprint density at radius 2 is 1.89 bits per heavy atom. The summed E-state index contributed by atoms with van der Waals surface area (Å²) < 4.78 is 0. The smallest absolute Gasteiger partial charge is 0.0606 e. The van der Waals surface area contributed by atoms with Crippen molar-refractivity contribution in [3.8, 4) is 0 Å². The zero-order valence-corrected chi connectivity index (χ0v) is 12.0. The summed E-state index contributed by atoms with van der Waals surface area (Å²) in [4.78, 5) is 4.58. The number of aromatic nitrogens is 1. The summed E-state index contributed by atoms with van der Waals surface area (Å²) in [5.41, 5.74) is 3.54. The molecule has 0 radical (unpaired) electrons. The number of hydrogen-bond acceptors (Lipinski definition) is 2. The minimum Gasteiger partial charge on any atom is -0.381 e. The highest BCUT2D eigenvalue weighted by atomic mass is 15.0. The predicted molar refractivity (Wildman–Crippen MR) is 78.2 cm³/mol. The third-order valence-electron chi connectivity index (χ3n) is 5.99. The molecule has 0 amide bonds. The highest BCUT2D eigenvalue weighted by molar-refractivity contribution is 5.49. The van der Waals surface area contributed by atoms with Crippen LogP contribution in [-0.4, -0.2) is 11.0 Å². The lowest BCUT2D eigenvalue weighted by Crippen LogP contribution is -2.34. The normalized spacial score (nSPS) is 39.6. The van der Waals surface area contributed by atoms with Gasteiger partial charge >= 0.3 is 0 Å². The summed E-state index contributed by atoms with van der Waals surface area (Å²) in [7, 11) is 0. The van der Waals surface area contributed by atoms with Gasteiger partial charge in [-0.2, -0.15) is 0 Å². The molecule has 5 atom stereocenters. The van der Waals surface area contributed by atoms with Gasteiger partial charge in [-0.3, -0.25) is 4.98 Å². The Morgan fingerprint density at radius 3 is 2.74 bits per heavy atom. The molecule has 3 saturated carbocycles. The number of nitrogens with one attached hydrogen (secondary N) is 1. The molecule has 2 nitrogen and oxygen atoms in total. The highest BCUT2D eigenvalue weighted by Crippen LogP contribution is 2.59. The SMILES string of the molecule is Cc1ccc(NC2CC3CC2C2CCCC32)c(C)n1. The van der Waals surface area contributed by atoms with Gasteiger partial charge in [-0.05, 0) is 75.3 Å². The quantitative estimate of drug-likeness (QED) is 0.867. The number of anilines is 1. The van der Waals surface area contributed by atoms with Crippen molar-refractivity contribution < 1.29 is 0 Å². The second kappa shape index (κ2) is 4.22. The summed E-state index contributed by atoms with van der Waals surface area (Å²) in [6.07, 6.45) is 7.39. The molecule has 1 aromatic rings. The lowest BCUT2D eigenvalue weighted by Gasteiger charge is -2.33. The average molecular weight is 256 g/mol. The van der Waals surface area contributed by atoms with E-state index in [2.05, 4.69) is 36.3 Å². The largest absolute Gasteiger partial charge is 0.381 e. The van der Waals surface area contributed by atoms with Gasteiger partial charge in [-0.15, -0.1) is 0 Å². The van der Waals surface area contributed by atoms with Crippen LogP contribution in [0.4, 0.5) is 5.69 Å². The number of fused-ring (bicyclic) bond motifs is 5. The third kappa shape index (κ3) is 1.79. The minimum atomic E-state index is 0.715. The standard InChI is InChI=1S/C17H24N2/c1-10-6-7-16(11(2)18-10)19-17-9-12-8-15(17)14-5-3-4-13(12)14/h6-7,12-15,17,19H,3-5,8-9H2,1-2H3. The van der Waals surface area contributed by atoms with Gasteiger partial charge in [0.2, 0.25) is 0 Å². The van der Waals surface area contributed by atoms with Crippen molar-refractivity contribution in [2.75, 3.05) is 5.32 Å². The summed E-state index contributed by atoms with van der Waals surface area (Å²) in [5.74, 6) is 4.09. The predicted octanol–water partition coefficient (Wildman–Crippen LogP) is 3.94. The van der Waals surface area contributed by atoms with Gasteiger partial charge in [-0.1, -0.05) is 6.42 Å². The Morgan fingerprint density at radius 1 is 1.05 bits per heavy atom. The number of hydrogen-bond donors (Lipinski definition) is 1. The minimum absolute atomic E-state index is 0.715. The van der Waals surface area contributed by atoms with E-state index in [0.717, 1.165) is 35.1 Å². The number of rotatable bonds is 2. The molecule has 0 spiro atoms. The van der Waals surface area contributed by atoms with Crippen LogP contribution in [0.5, 0.6) is 0 Å². The van der Waals surface area contributed by atoms with Gasteiger partial charge in [0.05, 0.1) is 11.4 Å². The Bertz CT molecular complexity index is 496. The van der Waals surface area contributed by atoms with Crippen molar-refractivity contribution in [2.24, 2.45) is 23.7 Å². The highest BCUT2D eigenvalue weighted by Gasteiger charge is 2.53. The lowest BCUT2D eigenvalue weighted by atomic mass is 9.79. The first-order chi connectivity index (χ1) is 9.22. The van der Waals surface area contributed by atoms with Crippen molar-refractivity contribution in [1.82, 2.24) is 4.98 Å². The van der Waals surface area contributed by atoms with E-state index in [-0.39, 0.29) is 0 Å². The molecular formula is C17H24N2. The maximum absolute atomic E-state index is 4.58. The van der Waals surface area contributed by atoms with Crippen molar-refractivity contribution in [2.45, 2.75) is 52.0 Å². The fraction of sp³-hybridized carbons (Fsp3) is 0.706. The van der Waals surface area contributed by atoms with Crippen LogP contribution in [-0.2, 0) is 0 Å². The second-order valence-electron chi connectivity index (χ2n) is 6.99. The molecule has 1 heterocycles. The summed E-state index contributed by atoms with van der Waals surface area (Å²) in [5, 5.41) is 3.82. The van der Waals surface area contributed by atoms with E-state index < -0.39 is 0 Å². The van der Waals surface area contributed by atoms with Crippen LogP contribution >= 0.6 is 0 Å². The van der Waals surface area contributed by atoms with E-state index in [0.29, 0.717) is 6.04 Å². The summed E-state index contributed by atoms with van der Waals surface area (Å²) in [6, 6.07) is 5.06. The van der Waals surface area contributed by atoms with Crippen molar-refractivity contribution >= 4 is 5.69 Å². The summed E-state index contributed by atoms with van der Waals surface area (Å²) in [6.45, 7) is 4.19. The Balaban J connectivity index is 1.52. The second-order valence-corrected chi connectivity index (χ2v) is 6.99. The van der Waals surface area contributed by atoms with Crippen LogP contribution in [0.3, 0.4) is 0 Å². The van der Waals surface area contributed by atoms with Gasteiger partial charge in [-0.25, -0.2) is 0 Å². The molecule has 0 saturated heterocycles. The maximum atomic E-state index is 4.58. The molecule has 1 aromatic heterocycles. The summed E-state index contributed by atoms with van der Waals surface area (Å²) >= 11 is 0. The first kappa shape index (κ1) is 11.7. The molecule has 5 unspecified atom stereocenters. The molecule has 102 valence electrons. The lowest BCUT2D eigenvalue weighted by molar-refractivity contribution is 0.243. The molecule has 19 heavy (non-hydrogen) atoms. The molecule has 0 aliphatic heterocycles. The van der Waals surface area contributed by atoms with E-state index in [1.807, 2.05) is 0 Å². The van der Waals surface area contributed by atoms with Crippen LogP contribution < -0.4 is 5.32 Å². The molecule has 3 aliphatic rings. The first-order valence-electron chi connectivity index (χ1n) is 7.93. The monoisotopic (exact) mass is 256 g/mol. The van der Waals surface area contributed by atoms with Crippen molar-refractivity contribution in [3.05, 3.63) is 23.5 Å². The zero-order chi connectivity index (χ0) is 13.0. The molecule has 0 aromatic carbocycles. The molecular weight excluding hydrogens is 232 g/mol. The van der Waals surface area contributed by atoms with Crippen molar-refractivity contribution in [3.63, 3.8) is 0 Å². The third-order valence-corrected chi connectivity index (χ3v) is 5.99.